The van der Waals surface area contributed by atoms with Crippen LogP contribution in [-0.2, 0) is 32.3 Å². The van der Waals surface area contributed by atoms with Gasteiger partial charge in [-0.3, -0.25) is 13.9 Å². The maximum absolute atomic E-state index is 13.7. The molecule has 214 valence electrons. The van der Waals surface area contributed by atoms with Crippen LogP contribution in [0.5, 0.6) is 5.75 Å². The smallest absolute Gasteiger partial charge is 0.416 e. The number of rotatable bonds is 10. The van der Waals surface area contributed by atoms with Crippen molar-refractivity contribution in [3.63, 3.8) is 0 Å². The highest BCUT2D eigenvalue weighted by Crippen LogP contribution is 2.37. The highest BCUT2D eigenvalue weighted by Gasteiger charge is 2.36. The van der Waals surface area contributed by atoms with Gasteiger partial charge in [-0.2, -0.15) is 13.2 Å². The normalized spacial score (nSPS) is 12.4. The molecule has 0 heterocycles. The van der Waals surface area contributed by atoms with E-state index in [4.69, 9.17) is 16.3 Å². The van der Waals surface area contributed by atoms with Crippen LogP contribution in [0, 0.1) is 0 Å². The molecule has 0 saturated carbocycles. The molecule has 3 aromatic carbocycles. The van der Waals surface area contributed by atoms with E-state index in [-0.39, 0.29) is 16.5 Å². The van der Waals surface area contributed by atoms with Crippen molar-refractivity contribution in [3.05, 3.63) is 88.9 Å². The van der Waals surface area contributed by atoms with Crippen LogP contribution in [0.3, 0.4) is 0 Å². The average molecular weight is 598 g/mol. The molecule has 2 amide bonds. The second-order valence-corrected chi connectivity index (χ2v) is 10.9. The van der Waals surface area contributed by atoms with Gasteiger partial charge in [0, 0.05) is 13.6 Å². The Morgan fingerprint density at radius 2 is 1.65 bits per heavy atom. The molecule has 0 saturated heterocycles. The number of carbonyl (C=O) groups is 2. The Morgan fingerprint density at radius 3 is 2.20 bits per heavy atom. The molecule has 0 bridgehead atoms. The molecule has 0 unspecified atom stereocenters. The maximum atomic E-state index is 13.7. The SMILES string of the molecule is CNC(=O)[C@H](C)N(Cc1ccc(OC)cc1)C(=O)CN(c1cc(C(F)(F)F)ccc1Cl)S(=O)(=O)c1ccccc1. The van der Waals surface area contributed by atoms with Crippen LogP contribution >= 0.6 is 11.6 Å². The molecule has 1 atom stereocenters. The van der Waals surface area contributed by atoms with E-state index in [9.17, 15) is 31.2 Å². The molecule has 0 aliphatic heterocycles. The van der Waals surface area contributed by atoms with E-state index in [1.165, 1.54) is 45.3 Å². The minimum atomic E-state index is -4.81. The Balaban J connectivity index is 2.11. The number of nitrogens with one attached hydrogen (secondary N) is 1. The first-order valence-corrected chi connectivity index (χ1v) is 13.7. The first kappa shape index (κ1) is 30.8. The number of halogens is 4. The van der Waals surface area contributed by atoms with Crippen molar-refractivity contribution in [3.8, 4) is 5.75 Å². The van der Waals surface area contributed by atoms with Gasteiger partial charge >= 0.3 is 6.18 Å². The Kier molecular flexibility index (Phi) is 9.69. The van der Waals surface area contributed by atoms with E-state index in [0.717, 1.165) is 11.0 Å². The van der Waals surface area contributed by atoms with Crippen molar-refractivity contribution in [2.24, 2.45) is 0 Å². The van der Waals surface area contributed by atoms with Gasteiger partial charge in [-0.05, 0) is 55.0 Å². The lowest BCUT2D eigenvalue weighted by atomic mass is 10.1. The zero-order chi connectivity index (χ0) is 29.7. The summed E-state index contributed by atoms with van der Waals surface area (Å²) < 4.78 is 73.8. The predicted octanol–water partition coefficient (Wildman–Crippen LogP) is 4.73. The summed E-state index contributed by atoms with van der Waals surface area (Å²) >= 11 is 6.22. The van der Waals surface area contributed by atoms with Crippen molar-refractivity contribution < 1.29 is 35.9 Å². The quantitative estimate of drug-likeness (QED) is 0.365. The molecule has 0 fully saturated rings. The van der Waals surface area contributed by atoms with Gasteiger partial charge in [0.2, 0.25) is 11.8 Å². The molecule has 40 heavy (non-hydrogen) atoms. The van der Waals surface area contributed by atoms with Gasteiger partial charge in [0.25, 0.3) is 10.0 Å². The molecular weight excluding hydrogens is 571 g/mol. The van der Waals surface area contributed by atoms with Gasteiger partial charge in [0.1, 0.15) is 18.3 Å². The van der Waals surface area contributed by atoms with Gasteiger partial charge in [0.15, 0.2) is 0 Å². The minimum absolute atomic E-state index is 0.104. The summed E-state index contributed by atoms with van der Waals surface area (Å²) in [6.45, 7) is 0.413. The maximum Gasteiger partial charge on any atom is 0.416 e. The fourth-order valence-electron chi connectivity index (χ4n) is 3.83. The number of hydrogen-bond donors (Lipinski definition) is 1. The third-order valence-electron chi connectivity index (χ3n) is 6.08. The number of nitrogens with zero attached hydrogens (tertiary/aromatic N) is 2. The molecule has 8 nitrogen and oxygen atoms in total. The number of amides is 2. The average Bonchev–Trinajstić information content (AvgIpc) is 2.94. The summed E-state index contributed by atoms with van der Waals surface area (Å²) in [5.74, 6) is -0.823. The number of hydrogen-bond acceptors (Lipinski definition) is 5. The minimum Gasteiger partial charge on any atom is -0.497 e. The molecule has 0 aromatic heterocycles. The molecule has 3 aromatic rings. The lowest BCUT2D eigenvalue weighted by molar-refractivity contribution is -0.139. The number of benzene rings is 3. The fourth-order valence-corrected chi connectivity index (χ4v) is 5.55. The number of ether oxygens (including phenoxy) is 1. The van der Waals surface area contributed by atoms with Crippen molar-refractivity contribution >= 4 is 39.1 Å². The van der Waals surface area contributed by atoms with Crippen LogP contribution < -0.4 is 14.4 Å². The number of likely N-dealkylation sites (N-methyl/N-ethyl adjacent to an activating group) is 1. The summed E-state index contributed by atoms with van der Waals surface area (Å²) in [7, 11) is -1.72. The third kappa shape index (κ3) is 7.05. The summed E-state index contributed by atoms with van der Waals surface area (Å²) in [5.41, 5.74) is -1.09. The Bertz CT molecular complexity index is 1450. The molecular formula is C27H27ClF3N3O5S. The van der Waals surface area contributed by atoms with Crippen LogP contribution in [0.15, 0.2) is 77.7 Å². The Morgan fingerprint density at radius 1 is 1.02 bits per heavy atom. The second-order valence-electron chi connectivity index (χ2n) is 8.65. The van der Waals surface area contributed by atoms with Crippen molar-refractivity contribution in [1.82, 2.24) is 10.2 Å². The standard InChI is InChI=1S/C27H27ClF3N3O5S/c1-18(26(36)32-2)33(16-19-9-12-21(39-3)13-10-19)25(35)17-34(40(37,38)22-7-5-4-6-8-22)24-15-20(27(29,30)31)11-14-23(24)28/h4-15,18H,16-17H2,1-3H3,(H,32,36)/t18-/m0/s1. The molecule has 0 spiro atoms. The van der Waals surface area contributed by atoms with E-state index in [2.05, 4.69) is 5.32 Å². The molecule has 3 rings (SSSR count). The Hall–Kier alpha value is -3.77. The summed E-state index contributed by atoms with van der Waals surface area (Å²) in [6, 6.07) is 14.7. The van der Waals surface area contributed by atoms with Gasteiger partial charge in [-0.15, -0.1) is 0 Å². The molecule has 0 aliphatic carbocycles. The Labute approximate surface area is 235 Å². The van der Waals surface area contributed by atoms with Crippen molar-refractivity contribution in [2.75, 3.05) is 25.0 Å². The van der Waals surface area contributed by atoms with E-state index in [1.54, 1.807) is 30.3 Å². The molecule has 0 radical (unpaired) electrons. The molecule has 13 heteroatoms. The van der Waals surface area contributed by atoms with Crippen LogP contribution in [0.2, 0.25) is 5.02 Å². The summed E-state index contributed by atoms with van der Waals surface area (Å²) in [6.07, 6.45) is -4.81. The van der Waals surface area contributed by atoms with E-state index in [0.29, 0.717) is 27.8 Å². The van der Waals surface area contributed by atoms with Crippen molar-refractivity contribution in [1.29, 1.82) is 0 Å². The zero-order valence-electron chi connectivity index (χ0n) is 21.8. The van der Waals surface area contributed by atoms with Gasteiger partial charge < -0.3 is 15.0 Å². The highest BCUT2D eigenvalue weighted by atomic mass is 35.5. The van der Waals surface area contributed by atoms with Crippen LogP contribution in [0.1, 0.15) is 18.1 Å². The zero-order valence-corrected chi connectivity index (χ0v) is 23.3. The highest BCUT2D eigenvalue weighted by molar-refractivity contribution is 7.92. The topological polar surface area (TPSA) is 96.0 Å². The van der Waals surface area contributed by atoms with Gasteiger partial charge in [-0.25, -0.2) is 8.42 Å². The molecule has 0 aliphatic rings. The number of anilines is 1. The van der Waals surface area contributed by atoms with E-state index < -0.39 is 51.9 Å². The molecule has 1 N–H and O–H groups in total. The van der Waals surface area contributed by atoms with Crippen LogP contribution in [0.4, 0.5) is 18.9 Å². The first-order chi connectivity index (χ1) is 18.8. The summed E-state index contributed by atoms with van der Waals surface area (Å²) in [5, 5.41) is 2.13. The number of alkyl halides is 3. The van der Waals surface area contributed by atoms with Gasteiger partial charge in [0.05, 0.1) is 28.3 Å². The predicted molar refractivity (Wildman–Crippen MR) is 145 cm³/mol. The van der Waals surface area contributed by atoms with Crippen LogP contribution in [-0.4, -0.2) is 51.9 Å². The third-order valence-corrected chi connectivity index (χ3v) is 8.17. The first-order valence-electron chi connectivity index (χ1n) is 11.9. The van der Waals surface area contributed by atoms with Crippen LogP contribution in [0.25, 0.3) is 0 Å². The van der Waals surface area contributed by atoms with E-state index in [1.807, 2.05) is 0 Å². The largest absolute Gasteiger partial charge is 0.497 e. The monoisotopic (exact) mass is 597 g/mol. The van der Waals surface area contributed by atoms with E-state index >= 15 is 0 Å². The lowest BCUT2D eigenvalue weighted by Crippen LogP contribution is -2.50. The van der Waals surface area contributed by atoms with Gasteiger partial charge in [-0.1, -0.05) is 41.9 Å². The summed E-state index contributed by atoms with van der Waals surface area (Å²) in [4.78, 5) is 27.1. The number of sulfonamides is 1. The lowest BCUT2D eigenvalue weighted by Gasteiger charge is -2.32. The number of carbonyl (C=O) groups excluding carboxylic acids is 2. The second kappa shape index (κ2) is 12.6. The van der Waals surface area contributed by atoms with Crippen molar-refractivity contribution in [2.45, 2.75) is 30.6 Å². The number of methoxy groups -OCH3 is 1. The fraction of sp³-hybridized carbons (Fsp3) is 0.259.